The molecule has 2 aromatic carbocycles. The van der Waals surface area contributed by atoms with Crippen LogP contribution in [0.2, 0.25) is 5.02 Å². The van der Waals surface area contributed by atoms with Crippen molar-refractivity contribution in [2.45, 2.75) is 44.2 Å². The van der Waals surface area contributed by atoms with Crippen LogP contribution in [0.15, 0.2) is 48.5 Å². The number of carbonyl (C=O) groups is 3. The number of aryl methyl sites for hydroxylation is 1. The van der Waals surface area contributed by atoms with E-state index in [4.69, 9.17) is 16.3 Å². The summed E-state index contributed by atoms with van der Waals surface area (Å²) in [6.07, 6.45) is -1.83. The van der Waals surface area contributed by atoms with Crippen molar-refractivity contribution >= 4 is 57.4 Å². The van der Waals surface area contributed by atoms with Crippen molar-refractivity contribution in [2.75, 3.05) is 43.4 Å². The van der Waals surface area contributed by atoms with Gasteiger partial charge in [-0.05, 0) is 61.2 Å². The van der Waals surface area contributed by atoms with Crippen LogP contribution in [-0.4, -0.2) is 91.6 Å². The van der Waals surface area contributed by atoms with Crippen LogP contribution >= 0.6 is 22.9 Å². The second-order valence-electron chi connectivity index (χ2n) is 13.2. The second-order valence-corrected chi connectivity index (χ2v) is 14.7. The molecule has 13 nitrogen and oxygen atoms in total. The van der Waals surface area contributed by atoms with E-state index in [9.17, 15) is 27.6 Å². The van der Waals surface area contributed by atoms with Gasteiger partial charge in [0.25, 0.3) is 5.91 Å². The van der Waals surface area contributed by atoms with Crippen molar-refractivity contribution in [1.29, 1.82) is 0 Å². The third-order valence-electron chi connectivity index (χ3n) is 9.47. The zero-order valence-corrected chi connectivity index (χ0v) is 29.4. The molecule has 3 fully saturated rings. The molecule has 2 saturated heterocycles. The molecular formula is C34H33ClF3N9O4S. The summed E-state index contributed by atoms with van der Waals surface area (Å²) < 4.78 is 43.8. The largest absolute Gasteiger partial charge is 0.454 e. The summed E-state index contributed by atoms with van der Waals surface area (Å²) in [6, 6.07) is 13.6. The molecule has 7 rings (SSSR count). The molecule has 0 bridgehead atoms. The SMILES string of the molecule is CCc1nnc(NC(=O)C(=O)N2CC3CN(C(=O)c4ccc(Nc5nc(CC6(c7ccc(Cl)cc7)CC6)nc(OCC(F)(F)F)n5)cc4)CC3C2)s1. The lowest BCUT2D eigenvalue weighted by Gasteiger charge is -2.21. The number of benzene rings is 2. The Morgan fingerprint density at radius 3 is 2.23 bits per heavy atom. The molecule has 2 aromatic heterocycles. The Bertz CT molecular complexity index is 1960. The fraction of sp³-hybridized carbons (Fsp3) is 0.412. The molecule has 2 atom stereocenters. The maximum atomic E-state index is 13.4. The standard InChI is InChI=1S/C34H33ClF3N9O4S/c1-2-26-44-45-32(52-26)42-27(48)29(50)47-16-20-14-46(15-21(20)17-47)28(49)19-3-9-24(10-4-19)39-30-40-25(41-31(43-30)51-18-34(36,37)38)13-33(11-12-33)22-5-7-23(35)8-6-22/h3-10,20-21H,2,11-18H2,1H3,(H,42,45,48)(H,39,40,41,43). The monoisotopic (exact) mass is 755 g/mol. The maximum Gasteiger partial charge on any atom is 0.422 e. The molecule has 3 amide bonds. The van der Waals surface area contributed by atoms with E-state index in [-0.39, 0.29) is 40.1 Å². The minimum absolute atomic E-state index is 0.00216. The van der Waals surface area contributed by atoms with Crippen LogP contribution in [0.1, 0.15) is 46.5 Å². The zero-order chi connectivity index (χ0) is 36.6. The minimum atomic E-state index is -4.58. The molecule has 0 radical (unpaired) electrons. The maximum absolute atomic E-state index is 13.4. The predicted octanol–water partition coefficient (Wildman–Crippen LogP) is 5.07. The van der Waals surface area contributed by atoms with Crippen LogP contribution in [-0.2, 0) is 27.8 Å². The number of fused-ring (bicyclic) bond motifs is 1. The van der Waals surface area contributed by atoms with Gasteiger partial charge < -0.3 is 19.9 Å². The number of hydrogen-bond acceptors (Lipinski definition) is 11. The summed E-state index contributed by atoms with van der Waals surface area (Å²) in [5, 5.41) is 15.0. The van der Waals surface area contributed by atoms with Crippen LogP contribution < -0.4 is 15.4 Å². The van der Waals surface area contributed by atoms with Gasteiger partial charge in [-0.15, -0.1) is 10.2 Å². The number of nitrogens with zero attached hydrogens (tertiary/aromatic N) is 7. The van der Waals surface area contributed by atoms with E-state index in [0.717, 1.165) is 23.4 Å². The van der Waals surface area contributed by atoms with E-state index >= 15 is 0 Å². The van der Waals surface area contributed by atoms with Crippen LogP contribution in [0.4, 0.5) is 29.9 Å². The Hall–Kier alpha value is -4.90. The molecule has 3 aliphatic rings. The predicted molar refractivity (Wildman–Crippen MR) is 185 cm³/mol. The van der Waals surface area contributed by atoms with E-state index < -0.39 is 30.6 Å². The third-order valence-corrected chi connectivity index (χ3v) is 10.7. The number of likely N-dealkylation sites (tertiary alicyclic amines) is 2. The summed E-state index contributed by atoms with van der Waals surface area (Å²) in [6.45, 7) is 1.98. The topological polar surface area (TPSA) is 155 Å². The van der Waals surface area contributed by atoms with Gasteiger partial charge in [-0.2, -0.15) is 28.1 Å². The number of ether oxygens (including phenoxy) is 1. The van der Waals surface area contributed by atoms with Gasteiger partial charge >= 0.3 is 24.0 Å². The van der Waals surface area contributed by atoms with Gasteiger partial charge in [0.05, 0.1) is 0 Å². The highest BCUT2D eigenvalue weighted by molar-refractivity contribution is 7.15. The van der Waals surface area contributed by atoms with E-state index in [1.54, 1.807) is 41.3 Å². The van der Waals surface area contributed by atoms with Crippen LogP contribution in [0.3, 0.4) is 0 Å². The molecule has 1 saturated carbocycles. The summed E-state index contributed by atoms with van der Waals surface area (Å²) in [7, 11) is 0. The van der Waals surface area contributed by atoms with Gasteiger partial charge in [0.15, 0.2) is 6.61 Å². The number of carbonyl (C=O) groups excluding carboxylic acids is 3. The van der Waals surface area contributed by atoms with E-state index in [1.807, 2.05) is 19.1 Å². The van der Waals surface area contributed by atoms with Crippen LogP contribution in [0.25, 0.3) is 0 Å². The number of amides is 3. The van der Waals surface area contributed by atoms with Gasteiger partial charge in [0.2, 0.25) is 11.1 Å². The Morgan fingerprint density at radius 1 is 0.942 bits per heavy atom. The van der Waals surface area contributed by atoms with Crippen molar-refractivity contribution in [3.8, 4) is 6.01 Å². The van der Waals surface area contributed by atoms with Crippen molar-refractivity contribution < 1.29 is 32.3 Å². The highest BCUT2D eigenvalue weighted by atomic mass is 35.5. The molecule has 4 heterocycles. The summed E-state index contributed by atoms with van der Waals surface area (Å²) in [4.78, 5) is 54.8. The number of anilines is 3. The molecule has 52 heavy (non-hydrogen) atoms. The number of hydrogen-bond donors (Lipinski definition) is 2. The Labute approximate surface area is 305 Å². The highest BCUT2D eigenvalue weighted by Gasteiger charge is 2.46. The van der Waals surface area contributed by atoms with Gasteiger partial charge in [-0.3, -0.25) is 19.7 Å². The van der Waals surface area contributed by atoms with E-state index in [1.165, 1.54) is 16.2 Å². The second kappa shape index (κ2) is 14.3. The lowest BCUT2D eigenvalue weighted by atomic mass is 9.92. The number of nitrogens with one attached hydrogen (secondary N) is 2. The van der Waals surface area contributed by atoms with Crippen LogP contribution in [0.5, 0.6) is 6.01 Å². The van der Waals surface area contributed by atoms with E-state index in [2.05, 4.69) is 35.8 Å². The molecule has 1 aliphatic carbocycles. The zero-order valence-electron chi connectivity index (χ0n) is 27.8. The number of halogens is 4. The highest BCUT2D eigenvalue weighted by Crippen LogP contribution is 2.50. The Morgan fingerprint density at radius 2 is 1.62 bits per heavy atom. The molecule has 4 aromatic rings. The molecule has 2 N–H and O–H groups in total. The fourth-order valence-electron chi connectivity index (χ4n) is 6.64. The molecule has 0 spiro atoms. The van der Waals surface area contributed by atoms with Crippen molar-refractivity contribution in [3.05, 3.63) is 75.5 Å². The average molecular weight is 756 g/mol. The normalized spacial score (nSPS) is 18.9. The molecular weight excluding hydrogens is 723 g/mol. The van der Waals surface area contributed by atoms with Crippen LogP contribution in [0, 0.1) is 11.8 Å². The quantitative estimate of drug-likeness (QED) is 0.210. The first-order chi connectivity index (χ1) is 24.9. The van der Waals surface area contributed by atoms with Gasteiger partial charge in [0.1, 0.15) is 10.8 Å². The first-order valence-corrected chi connectivity index (χ1v) is 17.9. The smallest absolute Gasteiger partial charge is 0.422 e. The first-order valence-electron chi connectivity index (χ1n) is 16.7. The number of alkyl halides is 3. The van der Waals surface area contributed by atoms with E-state index in [0.29, 0.717) is 55.3 Å². The minimum Gasteiger partial charge on any atom is -0.454 e. The third kappa shape index (κ3) is 8.09. The molecule has 272 valence electrons. The van der Waals surface area contributed by atoms with Crippen molar-refractivity contribution in [1.82, 2.24) is 34.9 Å². The summed E-state index contributed by atoms with van der Waals surface area (Å²) in [5.74, 6) is -1.22. The van der Waals surface area contributed by atoms with Gasteiger partial charge in [0, 0.05) is 66.1 Å². The van der Waals surface area contributed by atoms with Crippen molar-refractivity contribution in [3.63, 3.8) is 0 Å². The lowest BCUT2D eigenvalue weighted by Crippen LogP contribution is -2.40. The lowest BCUT2D eigenvalue weighted by molar-refractivity contribution is -0.154. The molecule has 18 heteroatoms. The number of aromatic nitrogens is 5. The summed E-state index contributed by atoms with van der Waals surface area (Å²) in [5.41, 5.74) is 1.71. The first kappa shape index (κ1) is 35.5. The van der Waals surface area contributed by atoms with Gasteiger partial charge in [-0.1, -0.05) is 42.0 Å². The van der Waals surface area contributed by atoms with Crippen molar-refractivity contribution in [2.24, 2.45) is 11.8 Å². The van der Waals surface area contributed by atoms with Gasteiger partial charge in [-0.25, -0.2) is 0 Å². The molecule has 2 aliphatic heterocycles. The Kier molecular flexibility index (Phi) is 9.73. The fourth-order valence-corrected chi connectivity index (χ4v) is 7.44. The summed E-state index contributed by atoms with van der Waals surface area (Å²) >= 11 is 7.29. The molecule has 2 unspecified atom stereocenters. The average Bonchev–Trinajstić information content (AvgIpc) is 3.39. The Balaban J connectivity index is 0.970. The number of rotatable bonds is 10.